The molecule has 76 valence electrons. The van der Waals surface area contributed by atoms with E-state index >= 15 is 0 Å². The van der Waals surface area contributed by atoms with Crippen LogP contribution in [-0.4, -0.2) is 15.2 Å². The lowest BCUT2D eigenvalue weighted by atomic mass is 10.2. The van der Waals surface area contributed by atoms with Gasteiger partial charge in [0.05, 0.1) is 16.2 Å². The molecule has 1 heterocycles. The fourth-order valence-corrected chi connectivity index (χ4v) is 1.36. The molecule has 0 unspecified atom stereocenters. The minimum absolute atomic E-state index is 0.348. The summed E-state index contributed by atoms with van der Waals surface area (Å²) in [6.45, 7) is 0. The molecule has 0 saturated heterocycles. The van der Waals surface area contributed by atoms with Crippen LogP contribution in [0, 0.1) is 0 Å². The van der Waals surface area contributed by atoms with Gasteiger partial charge in [0, 0.05) is 5.56 Å². The Balaban J connectivity index is 2.50. The third-order valence-corrected chi connectivity index (χ3v) is 2.49. The number of hydrogen-bond acceptors (Lipinski definition) is 3. The molecule has 2 aromatic rings. The lowest BCUT2D eigenvalue weighted by Gasteiger charge is -2.00. The SMILES string of the molecule is O=c1cnc(-c2ccc(Cl)c(Cl)c2)n[nH]1. The largest absolute Gasteiger partial charge is 0.282 e. The average Bonchev–Trinajstić information content (AvgIpc) is 2.23. The zero-order valence-electron chi connectivity index (χ0n) is 7.37. The first-order chi connectivity index (χ1) is 7.16. The number of nitrogens with zero attached hydrogens (tertiary/aromatic N) is 2. The first-order valence-corrected chi connectivity index (χ1v) is 4.79. The van der Waals surface area contributed by atoms with Gasteiger partial charge in [-0.3, -0.25) is 4.79 Å². The van der Waals surface area contributed by atoms with Gasteiger partial charge in [-0.25, -0.2) is 10.1 Å². The highest BCUT2D eigenvalue weighted by atomic mass is 35.5. The Hall–Kier alpha value is -1.39. The van der Waals surface area contributed by atoms with Crippen LogP contribution in [0.4, 0.5) is 0 Å². The van der Waals surface area contributed by atoms with Gasteiger partial charge in [-0.2, -0.15) is 5.10 Å². The van der Waals surface area contributed by atoms with Gasteiger partial charge in [0.25, 0.3) is 5.56 Å². The lowest BCUT2D eigenvalue weighted by molar-refractivity contribution is 0.941. The molecule has 0 bridgehead atoms. The Morgan fingerprint density at radius 3 is 2.60 bits per heavy atom. The molecule has 4 nitrogen and oxygen atoms in total. The molecule has 0 spiro atoms. The van der Waals surface area contributed by atoms with Crippen LogP contribution in [0.3, 0.4) is 0 Å². The predicted octanol–water partition coefficient (Wildman–Crippen LogP) is 2.14. The fraction of sp³-hybridized carbons (Fsp3) is 0. The maximum Gasteiger partial charge on any atom is 0.282 e. The van der Waals surface area contributed by atoms with E-state index in [1.54, 1.807) is 18.2 Å². The summed E-state index contributed by atoms with van der Waals surface area (Å²) < 4.78 is 0. The van der Waals surface area contributed by atoms with Gasteiger partial charge in [-0.15, -0.1) is 0 Å². The highest BCUT2D eigenvalue weighted by molar-refractivity contribution is 6.42. The van der Waals surface area contributed by atoms with Gasteiger partial charge in [0.2, 0.25) is 0 Å². The summed E-state index contributed by atoms with van der Waals surface area (Å²) in [4.78, 5) is 14.6. The number of aromatic amines is 1. The summed E-state index contributed by atoms with van der Waals surface area (Å²) in [5, 5.41) is 6.94. The standard InChI is InChI=1S/C9H5Cl2N3O/c10-6-2-1-5(3-7(6)11)9-12-4-8(15)13-14-9/h1-4H,(H,13,15). The van der Waals surface area contributed by atoms with Crippen LogP contribution in [0.2, 0.25) is 10.0 Å². The van der Waals surface area contributed by atoms with Gasteiger partial charge < -0.3 is 0 Å². The first kappa shape index (κ1) is 10.1. The number of nitrogens with one attached hydrogen (secondary N) is 1. The van der Waals surface area contributed by atoms with Crippen LogP contribution < -0.4 is 5.56 Å². The Morgan fingerprint density at radius 2 is 2.00 bits per heavy atom. The molecular weight excluding hydrogens is 237 g/mol. The van der Waals surface area contributed by atoms with Gasteiger partial charge in [-0.05, 0) is 18.2 Å². The summed E-state index contributed by atoms with van der Waals surface area (Å²) in [5.74, 6) is 0.396. The summed E-state index contributed by atoms with van der Waals surface area (Å²) in [6, 6.07) is 5.01. The quantitative estimate of drug-likeness (QED) is 0.833. The average molecular weight is 242 g/mol. The molecule has 0 aliphatic rings. The van der Waals surface area contributed by atoms with E-state index in [0.29, 0.717) is 21.4 Å². The molecule has 15 heavy (non-hydrogen) atoms. The van der Waals surface area contributed by atoms with E-state index in [1.807, 2.05) is 0 Å². The minimum Gasteiger partial charge on any atom is -0.266 e. The second-order valence-electron chi connectivity index (χ2n) is 2.80. The van der Waals surface area contributed by atoms with Crippen LogP contribution in [-0.2, 0) is 0 Å². The summed E-state index contributed by atoms with van der Waals surface area (Å²) in [5.41, 5.74) is 0.347. The summed E-state index contributed by atoms with van der Waals surface area (Å²) >= 11 is 11.6. The number of halogens is 2. The molecule has 6 heteroatoms. The molecule has 1 aromatic carbocycles. The maximum absolute atomic E-state index is 10.7. The van der Waals surface area contributed by atoms with Crippen molar-refractivity contribution in [2.24, 2.45) is 0 Å². The number of benzene rings is 1. The third-order valence-electron chi connectivity index (χ3n) is 1.75. The van der Waals surface area contributed by atoms with Crippen molar-refractivity contribution >= 4 is 23.2 Å². The molecule has 0 aliphatic carbocycles. The van der Waals surface area contributed by atoms with Crippen molar-refractivity contribution in [3.05, 3.63) is 44.8 Å². The summed E-state index contributed by atoms with van der Waals surface area (Å²) in [6.07, 6.45) is 1.16. The van der Waals surface area contributed by atoms with Crippen molar-refractivity contribution in [2.45, 2.75) is 0 Å². The molecule has 1 aromatic heterocycles. The predicted molar refractivity (Wildman–Crippen MR) is 58.1 cm³/mol. The van der Waals surface area contributed by atoms with E-state index in [9.17, 15) is 4.79 Å². The number of aromatic nitrogens is 3. The maximum atomic E-state index is 10.7. The zero-order chi connectivity index (χ0) is 10.8. The lowest BCUT2D eigenvalue weighted by Crippen LogP contribution is -2.08. The number of rotatable bonds is 1. The minimum atomic E-state index is -0.348. The van der Waals surface area contributed by atoms with Crippen molar-refractivity contribution in [2.75, 3.05) is 0 Å². The van der Waals surface area contributed by atoms with Gasteiger partial charge >= 0.3 is 0 Å². The van der Waals surface area contributed by atoms with E-state index in [4.69, 9.17) is 23.2 Å². The van der Waals surface area contributed by atoms with Crippen molar-refractivity contribution in [1.29, 1.82) is 0 Å². The van der Waals surface area contributed by atoms with Crippen LogP contribution >= 0.6 is 23.2 Å². The second-order valence-corrected chi connectivity index (χ2v) is 3.61. The molecule has 0 saturated carbocycles. The smallest absolute Gasteiger partial charge is 0.266 e. The Morgan fingerprint density at radius 1 is 1.20 bits per heavy atom. The molecule has 0 aliphatic heterocycles. The summed E-state index contributed by atoms with van der Waals surface area (Å²) in [7, 11) is 0. The molecular formula is C9H5Cl2N3O. The van der Waals surface area contributed by atoms with E-state index in [-0.39, 0.29) is 5.56 Å². The normalized spacial score (nSPS) is 10.3. The molecule has 0 radical (unpaired) electrons. The zero-order valence-corrected chi connectivity index (χ0v) is 8.88. The van der Waals surface area contributed by atoms with E-state index < -0.39 is 0 Å². The Bertz CT molecular complexity index is 533. The van der Waals surface area contributed by atoms with E-state index in [0.717, 1.165) is 6.20 Å². The fourth-order valence-electron chi connectivity index (χ4n) is 1.06. The van der Waals surface area contributed by atoms with Gasteiger partial charge in [-0.1, -0.05) is 23.2 Å². The molecule has 1 N–H and O–H groups in total. The van der Waals surface area contributed by atoms with Gasteiger partial charge in [0.1, 0.15) is 0 Å². The van der Waals surface area contributed by atoms with Crippen molar-refractivity contribution in [3.63, 3.8) is 0 Å². The monoisotopic (exact) mass is 241 g/mol. The van der Waals surface area contributed by atoms with Crippen LogP contribution in [0.15, 0.2) is 29.2 Å². The van der Waals surface area contributed by atoms with E-state index in [1.165, 1.54) is 0 Å². The second kappa shape index (κ2) is 4.00. The van der Waals surface area contributed by atoms with Crippen LogP contribution in [0.25, 0.3) is 11.4 Å². The number of hydrogen-bond donors (Lipinski definition) is 1. The highest BCUT2D eigenvalue weighted by Crippen LogP contribution is 2.26. The topological polar surface area (TPSA) is 58.6 Å². The molecule has 0 fully saturated rings. The Kier molecular flexibility index (Phi) is 2.70. The first-order valence-electron chi connectivity index (χ1n) is 4.04. The van der Waals surface area contributed by atoms with Crippen LogP contribution in [0.1, 0.15) is 0 Å². The molecule has 0 atom stereocenters. The Labute approximate surface area is 94.9 Å². The van der Waals surface area contributed by atoms with Crippen LogP contribution in [0.5, 0.6) is 0 Å². The highest BCUT2D eigenvalue weighted by Gasteiger charge is 2.04. The van der Waals surface area contributed by atoms with Gasteiger partial charge in [0.15, 0.2) is 5.82 Å². The third kappa shape index (κ3) is 2.16. The van der Waals surface area contributed by atoms with Crippen molar-refractivity contribution in [1.82, 2.24) is 15.2 Å². The molecule has 2 rings (SSSR count). The van der Waals surface area contributed by atoms with Crippen molar-refractivity contribution in [3.8, 4) is 11.4 Å². The van der Waals surface area contributed by atoms with Crippen molar-refractivity contribution < 1.29 is 0 Å². The molecule has 0 amide bonds. The number of H-pyrrole nitrogens is 1. The van der Waals surface area contributed by atoms with E-state index in [2.05, 4.69) is 15.2 Å².